The molecule has 2 aromatic heterocycles. The Bertz CT molecular complexity index is 1690. The second kappa shape index (κ2) is 15.2. The number of nitrogens with zero attached hydrogens (tertiary/aromatic N) is 3. The van der Waals surface area contributed by atoms with E-state index in [-0.39, 0.29) is 53.7 Å². The maximum Gasteiger partial charge on any atom is 0.336 e. The molecule has 0 saturated carbocycles. The zero-order valence-electron chi connectivity index (χ0n) is 25.6. The first kappa shape index (κ1) is 32.9. The van der Waals surface area contributed by atoms with Crippen molar-refractivity contribution in [1.82, 2.24) is 30.8 Å². The smallest absolute Gasteiger partial charge is 0.336 e. The summed E-state index contributed by atoms with van der Waals surface area (Å²) in [5.41, 5.74) is 2.24. The van der Waals surface area contributed by atoms with Crippen LogP contribution in [0.25, 0.3) is 0 Å². The number of rotatable bonds is 6. The SMILES string of the molecule is CC(C)[C@@H]1NC(=O)c2csc(n2)[C@H](Cc2ccccc2)NC(=O)CN(Cc2ccccc2C(=O)O)CCCNC(=O)c2csc1n2. The molecule has 4 bridgehead atoms. The van der Waals surface area contributed by atoms with Crippen LogP contribution in [0.5, 0.6) is 0 Å². The molecule has 5 rings (SSSR count). The van der Waals surface area contributed by atoms with E-state index in [0.717, 1.165) is 5.56 Å². The molecule has 1 aliphatic heterocycles. The minimum atomic E-state index is -1.04. The lowest BCUT2D eigenvalue weighted by atomic mass is 10.0. The molecule has 2 atom stereocenters. The number of aromatic carboxylic acids is 1. The molecule has 4 aromatic rings. The van der Waals surface area contributed by atoms with Crippen LogP contribution in [-0.4, -0.2) is 63.3 Å². The molecular weight excluding hydrogens is 625 g/mol. The van der Waals surface area contributed by atoms with Gasteiger partial charge in [0.05, 0.1) is 24.2 Å². The zero-order valence-corrected chi connectivity index (χ0v) is 27.2. The fourth-order valence-electron chi connectivity index (χ4n) is 5.23. The van der Waals surface area contributed by atoms with Gasteiger partial charge in [0.2, 0.25) is 5.91 Å². The Morgan fingerprint density at radius 3 is 2.35 bits per heavy atom. The summed E-state index contributed by atoms with van der Waals surface area (Å²) in [7, 11) is 0. The average Bonchev–Trinajstić information content (AvgIpc) is 3.73. The van der Waals surface area contributed by atoms with E-state index in [1.165, 1.54) is 22.7 Å². The first-order chi connectivity index (χ1) is 22.2. The van der Waals surface area contributed by atoms with Crippen molar-refractivity contribution in [3.63, 3.8) is 0 Å². The van der Waals surface area contributed by atoms with Crippen LogP contribution in [0.1, 0.15) is 84.8 Å². The molecule has 3 amide bonds. The maximum absolute atomic E-state index is 13.6. The molecule has 240 valence electrons. The normalized spacial score (nSPS) is 18.5. The topological polar surface area (TPSA) is 154 Å². The Kier molecular flexibility index (Phi) is 10.9. The van der Waals surface area contributed by atoms with Crippen LogP contribution in [0.4, 0.5) is 0 Å². The molecule has 0 unspecified atom stereocenters. The summed E-state index contributed by atoms with van der Waals surface area (Å²) >= 11 is 2.62. The lowest BCUT2D eigenvalue weighted by molar-refractivity contribution is -0.123. The Balaban J connectivity index is 1.46. The molecule has 1 aliphatic rings. The number of aromatic nitrogens is 2. The predicted molar refractivity (Wildman–Crippen MR) is 176 cm³/mol. The molecule has 46 heavy (non-hydrogen) atoms. The molecule has 13 heteroatoms. The van der Waals surface area contributed by atoms with E-state index in [9.17, 15) is 24.3 Å². The third-order valence-electron chi connectivity index (χ3n) is 7.59. The summed E-state index contributed by atoms with van der Waals surface area (Å²) in [6.45, 7) is 4.90. The van der Waals surface area contributed by atoms with Gasteiger partial charge < -0.3 is 21.1 Å². The van der Waals surface area contributed by atoms with Gasteiger partial charge in [-0.2, -0.15) is 0 Å². The standard InChI is InChI=1S/C33H36N6O5S2/c1-20(2)28-32-37-25(18-46-32)29(41)34-13-8-14-39(16-22-11-6-7-12-23(22)33(43)44)17-27(40)35-24(15-21-9-4-3-5-10-21)31-36-26(19-45-31)30(42)38-28/h3-7,9-12,18-20,24,28H,8,13-17H2,1-2H3,(H,34,41)(H,35,40)(H,38,42)(H,43,44)/t24-,28-/m0/s1. The number of amides is 3. The number of hydrogen-bond acceptors (Lipinski definition) is 9. The van der Waals surface area contributed by atoms with Crippen molar-refractivity contribution < 1.29 is 24.3 Å². The van der Waals surface area contributed by atoms with Crippen LogP contribution >= 0.6 is 22.7 Å². The summed E-state index contributed by atoms with van der Waals surface area (Å²) in [4.78, 5) is 62.9. The van der Waals surface area contributed by atoms with Gasteiger partial charge in [0.15, 0.2) is 0 Å². The van der Waals surface area contributed by atoms with Crippen LogP contribution in [0.2, 0.25) is 0 Å². The Morgan fingerprint density at radius 2 is 1.61 bits per heavy atom. The van der Waals surface area contributed by atoms with Gasteiger partial charge in [-0.3, -0.25) is 19.3 Å². The molecule has 0 aliphatic carbocycles. The second-order valence-corrected chi connectivity index (χ2v) is 13.2. The average molecular weight is 661 g/mol. The third-order valence-corrected chi connectivity index (χ3v) is 9.48. The van der Waals surface area contributed by atoms with Crippen LogP contribution in [0.15, 0.2) is 65.4 Å². The summed E-state index contributed by atoms with van der Waals surface area (Å²) < 4.78 is 0. The molecule has 0 spiro atoms. The number of hydrogen-bond donors (Lipinski definition) is 4. The van der Waals surface area contributed by atoms with Gasteiger partial charge in [0, 0.05) is 30.4 Å². The number of nitrogens with one attached hydrogen (secondary N) is 3. The van der Waals surface area contributed by atoms with Crippen LogP contribution in [-0.2, 0) is 17.8 Å². The van der Waals surface area contributed by atoms with Gasteiger partial charge in [0.1, 0.15) is 21.4 Å². The number of carboxylic acids is 1. The minimum Gasteiger partial charge on any atom is -0.478 e. The summed E-state index contributed by atoms with van der Waals surface area (Å²) in [6.07, 6.45) is 0.977. The molecule has 3 heterocycles. The van der Waals surface area contributed by atoms with Gasteiger partial charge in [-0.1, -0.05) is 62.4 Å². The monoisotopic (exact) mass is 660 g/mol. The van der Waals surface area contributed by atoms with Crippen LogP contribution < -0.4 is 16.0 Å². The van der Waals surface area contributed by atoms with E-state index >= 15 is 0 Å². The zero-order chi connectivity index (χ0) is 32.6. The van der Waals surface area contributed by atoms with Crippen molar-refractivity contribution in [2.45, 2.75) is 45.3 Å². The largest absolute Gasteiger partial charge is 0.478 e. The molecule has 0 saturated heterocycles. The highest BCUT2D eigenvalue weighted by Gasteiger charge is 2.27. The number of benzene rings is 2. The first-order valence-electron chi connectivity index (χ1n) is 15.0. The van der Waals surface area contributed by atoms with Crippen molar-refractivity contribution in [1.29, 1.82) is 0 Å². The minimum absolute atomic E-state index is 0.000540. The Labute approximate surface area is 275 Å². The fourth-order valence-corrected chi connectivity index (χ4v) is 7.10. The fraction of sp³-hybridized carbons (Fsp3) is 0.333. The second-order valence-electron chi connectivity index (χ2n) is 11.4. The van der Waals surface area contributed by atoms with E-state index in [4.69, 9.17) is 0 Å². The molecule has 2 aromatic carbocycles. The van der Waals surface area contributed by atoms with E-state index in [0.29, 0.717) is 41.5 Å². The quantitative estimate of drug-likeness (QED) is 0.237. The highest BCUT2D eigenvalue weighted by Crippen LogP contribution is 2.27. The van der Waals surface area contributed by atoms with Crippen molar-refractivity contribution in [2.24, 2.45) is 5.92 Å². The maximum atomic E-state index is 13.6. The lowest BCUT2D eigenvalue weighted by Gasteiger charge is -2.24. The van der Waals surface area contributed by atoms with Crippen molar-refractivity contribution in [3.8, 4) is 0 Å². The number of fused-ring (bicyclic) bond motifs is 4. The van der Waals surface area contributed by atoms with Crippen LogP contribution in [0, 0.1) is 5.92 Å². The van der Waals surface area contributed by atoms with Crippen molar-refractivity contribution in [2.75, 3.05) is 19.6 Å². The summed E-state index contributed by atoms with van der Waals surface area (Å²) in [6, 6.07) is 15.5. The molecular formula is C33H36N6O5S2. The number of carbonyl (C=O) groups excluding carboxylic acids is 3. The van der Waals surface area contributed by atoms with E-state index in [2.05, 4.69) is 25.9 Å². The highest BCUT2D eigenvalue weighted by atomic mass is 32.1. The lowest BCUT2D eigenvalue weighted by Crippen LogP contribution is -2.40. The first-order valence-corrected chi connectivity index (χ1v) is 16.8. The van der Waals surface area contributed by atoms with Gasteiger partial charge in [-0.15, -0.1) is 22.7 Å². The number of carboxylic acid groups (broad SMARTS) is 1. The highest BCUT2D eigenvalue weighted by molar-refractivity contribution is 7.10. The van der Waals surface area contributed by atoms with Crippen molar-refractivity contribution >= 4 is 46.4 Å². The van der Waals surface area contributed by atoms with Crippen LogP contribution in [0.3, 0.4) is 0 Å². The molecule has 4 N–H and O–H groups in total. The van der Waals surface area contributed by atoms with Crippen molar-refractivity contribution in [3.05, 3.63) is 103 Å². The van der Waals surface area contributed by atoms with Gasteiger partial charge >= 0.3 is 5.97 Å². The third kappa shape index (κ3) is 8.42. The van der Waals surface area contributed by atoms with Gasteiger partial charge in [-0.25, -0.2) is 14.8 Å². The number of carbonyl (C=O) groups is 4. The summed E-state index contributed by atoms with van der Waals surface area (Å²) in [5.74, 6) is -2.01. The molecule has 0 fully saturated rings. The van der Waals surface area contributed by atoms with E-state index < -0.39 is 18.1 Å². The Morgan fingerprint density at radius 1 is 0.935 bits per heavy atom. The number of thiazole rings is 2. The van der Waals surface area contributed by atoms with E-state index in [1.54, 1.807) is 35.0 Å². The Hall–Kier alpha value is -4.46. The molecule has 0 radical (unpaired) electrons. The van der Waals surface area contributed by atoms with Gasteiger partial charge in [-0.05, 0) is 36.0 Å². The summed E-state index contributed by atoms with van der Waals surface area (Å²) in [5, 5.41) is 23.4. The van der Waals surface area contributed by atoms with Gasteiger partial charge in [0.25, 0.3) is 11.8 Å². The van der Waals surface area contributed by atoms with E-state index in [1.807, 2.05) is 49.1 Å². The molecule has 11 nitrogen and oxygen atoms in total. The predicted octanol–water partition coefficient (Wildman–Crippen LogP) is 4.46.